The van der Waals surface area contributed by atoms with Crippen molar-refractivity contribution in [2.45, 2.75) is 26.7 Å². The van der Waals surface area contributed by atoms with Crippen LogP contribution in [0.5, 0.6) is 5.75 Å². The molecule has 0 heterocycles. The molecular weight excluding hydrogens is 147 g/mol. The van der Waals surface area contributed by atoms with Crippen LogP contribution >= 0.6 is 0 Å². The Bertz CT molecular complexity index is 269. The maximum atomic E-state index is 9.39. The van der Waals surface area contributed by atoms with Gasteiger partial charge in [0, 0.05) is 0 Å². The predicted octanol–water partition coefficient (Wildman–Crippen LogP) is 1.62. The molecule has 0 aliphatic heterocycles. The smallest absolute Gasteiger partial charge is 0.119 e. The van der Waals surface area contributed by atoms with E-state index >= 15 is 0 Å². The third-order valence-electron chi connectivity index (χ3n) is 2.02. The van der Waals surface area contributed by atoms with E-state index in [1.165, 1.54) is 5.56 Å². The molecule has 1 aromatic carbocycles. The molecule has 0 aliphatic rings. The van der Waals surface area contributed by atoms with Crippen LogP contribution in [-0.4, -0.2) is 13.0 Å². The lowest BCUT2D eigenvalue weighted by molar-refractivity contribution is 0.475. The van der Waals surface area contributed by atoms with Crippen LogP contribution in [-0.2, 0) is 0 Å². The van der Waals surface area contributed by atoms with Gasteiger partial charge in [-0.25, -0.2) is 0 Å². The number of phenolic OH excluding ortho intramolecular Hbond substituents is 1. The molecular formula is C10H13BO. The maximum Gasteiger partial charge on any atom is 0.119 e. The standard InChI is InChI=1S/C10H13BO/c1-6(2)8-4-7(3)10(12)9(11)5-8/h4-6,12H,1-3H3. The van der Waals surface area contributed by atoms with E-state index in [1.807, 2.05) is 19.1 Å². The van der Waals surface area contributed by atoms with Crippen molar-refractivity contribution in [3.05, 3.63) is 23.3 Å². The van der Waals surface area contributed by atoms with Gasteiger partial charge in [0.15, 0.2) is 0 Å². The first-order chi connectivity index (χ1) is 5.52. The molecule has 0 aliphatic carbocycles. The second kappa shape index (κ2) is 3.22. The highest BCUT2D eigenvalue weighted by atomic mass is 16.3. The average molecular weight is 160 g/mol. The van der Waals surface area contributed by atoms with E-state index in [0.717, 1.165) is 5.56 Å². The summed E-state index contributed by atoms with van der Waals surface area (Å²) in [6, 6.07) is 3.80. The minimum absolute atomic E-state index is 0.208. The number of phenols is 1. The highest BCUT2D eigenvalue weighted by molar-refractivity contribution is 6.34. The molecule has 0 saturated heterocycles. The van der Waals surface area contributed by atoms with Gasteiger partial charge in [-0.05, 0) is 24.0 Å². The number of hydrogen-bond acceptors (Lipinski definition) is 1. The molecule has 0 fully saturated rings. The third-order valence-corrected chi connectivity index (χ3v) is 2.02. The van der Waals surface area contributed by atoms with E-state index in [1.54, 1.807) is 0 Å². The van der Waals surface area contributed by atoms with Crippen LogP contribution < -0.4 is 5.46 Å². The molecule has 0 bridgehead atoms. The fourth-order valence-electron chi connectivity index (χ4n) is 1.17. The number of rotatable bonds is 1. The van der Waals surface area contributed by atoms with Gasteiger partial charge < -0.3 is 5.11 Å². The second-order valence-electron chi connectivity index (χ2n) is 3.43. The van der Waals surface area contributed by atoms with Gasteiger partial charge in [-0.1, -0.05) is 31.4 Å². The van der Waals surface area contributed by atoms with Crippen LogP contribution in [0.25, 0.3) is 0 Å². The molecule has 2 heteroatoms. The monoisotopic (exact) mass is 160 g/mol. The van der Waals surface area contributed by atoms with E-state index in [-0.39, 0.29) is 5.75 Å². The summed E-state index contributed by atoms with van der Waals surface area (Å²) in [4.78, 5) is 0. The van der Waals surface area contributed by atoms with Gasteiger partial charge in [0.1, 0.15) is 13.6 Å². The van der Waals surface area contributed by atoms with Crippen molar-refractivity contribution in [1.29, 1.82) is 0 Å². The van der Waals surface area contributed by atoms with Gasteiger partial charge in [0.25, 0.3) is 0 Å². The number of aryl methyl sites for hydroxylation is 1. The zero-order valence-corrected chi connectivity index (χ0v) is 7.76. The molecule has 0 saturated carbocycles. The largest absolute Gasteiger partial charge is 0.508 e. The van der Waals surface area contributed by atoms with Gasteiger partial charge in [0.05, 0.1) is 0 Å². The van der Waals surface area contributed by atoms with E-state index in [2.05, 4.69) is 13.8 Å². The Labute approximate surface area is 74.8 Å². The van der Waals surface area contributed by atoms with Crippen LogP contribution in [0.15, 0.2) is 12.1 Å². The normalized spacial score (nSPS) is 10.7. The summed E-state index contributed by atoms with van der Waals surface area (Å²) in [6.07, 6.45) is 0. The summed E-state index contributed by atoms with van der Waals surface area (Å²) in [5, 5.41) is 9.39. The molecule has 1 nitrogen and oxygen atoms in total. The first kappa shape index (κ1) is 9.18. The van der Waals surface area contributed by atoms with Crippen LogP contribution in [0.1, 0.15) is 30.9 Å². The van der Waals surface area contributed by atoms with E-state index < -0.39 is 0 Å². The van der Waals surface area contributed by atoms with Crippen molar-refractivity contribution in [2.75, 3.05) is 0 Å². The lowest BCUT2D eigenvalue weighted by Crippen LogP contribution is -2.06. The third kappa shape index (κ3) is 1.63. The van der Waals surface area contributed by atoms with Crippen LogP contribution in [0.2, 0.25) is 0 Å². The van der Waals surface area contributed by atoms with E-state index in [4.69, 9.17) is 7.85 Å². The Morgan fingerprint density at radius 3 is 2.33 bits per heavy atom. The molecule has 0 aromatic heterocycles. The predicted molar refractivity (Wildman–Crippen MR) is 52.3 cm³/mol. The lowest BCUT2D eigenvalue weighted by Gasteiger charge is -2.10. The number of hydrogen-bond donors (Lipinski definition) is 1. The first-order valence-electron chi connectivity index (χ1n) is 4.11. The van der Waals surface area contributed by atoms with Gasteiger partial charge in [0.2, 0.25) is 0 Å². The number of benzene rings is 1. The summed E-state index contributed by atoms with van der Waals surface area (Å²) in [7, 11) is 5.61. The highest BCUT2D eigenvalue weighted by Gasteiger charge is 2.04. The molecule has 0 amide bonds. The van der Waals surface area contributed by atoms with Crippen molar-refractivity contribution >= 4 is 13.3 Å². The molecule has 0 spiro atoms. The molecule has 2 radical (unpaired) electrons. The molecule has 62 valence electrons. The summed E-state index contributed by atoms with van der Waals surface area (Å²) >= 11 is 0. The lowest BCUT2D eigenvalue weighted by atomic mass is 9.88. The molecule has 1 rings (SSSR count). The van der Waals surface area contributed by atoms with Crippen molar-refractivity contribution in [1.82, 2.24) is 0 Å². The van der Waals surface area contributed by atoms with E-state index in [9.17, 15) is 5.11 Å². The van der Waals surface area contributed by atoms with Crippen molar-refractivity contribution in [3.8, 4) is 5.75 Å². The fraction of sp³-hybridized carbons (Fsp3) is 0.400. The topological polar surface area (TPSA) is 20.2 Å². The minimum atomic E-state index is 0.208. The zero-order valence-electron chi connectivity index (χ0n) is 7.76. The van der Waals surface area contributed by atoms with Gasteiger partial charge in [-0.15, -0.1) is 0 Å². The van der Waals surface area contributed by atoms with Crippen molar-refractivity contribution in [3.63, 3.8) is 0 Å². The Morgan fingerprint density at radius 1 is 1.33 bits per heavy atom. The van der Waals surface area contributed by atoms with Gasteiger partial charge in [-0.2, -0.15) is 0 Å². The quantitative estimate of drug-likeness (QED) is 0.619. The maximum absolute atomic E-state index is 9.39. The number of aromatic hydroxyl groups is 1. The van der Waals surface area contributed by atoms with Gasteiger partial charge >= 0.3 is 0 Å². The summed E-state index contributed by atoms with van der Waals surface area (Å²) < 4.78 is 0. The Kier molecular flexibility index (Phi) is 2.46. The molecule has 1 N–H and O–H groups in total. The van der Waals surface area contributed by atoms with Crippen LogP contribution in [0.4, 0.5) is 0 Å². The molecule has 0 atom stereocenters. The highest BCUT2D eigenvalue weighted by Crippen LogP contribution is 2.19. The second-order valence-corrected chi connectivity index (χ2v) is 3.43. The van der Waals surface area contributed by atoms with Crippen LogP contribution in [0, 0.1) is 6.92 Å². The molecule has 1 aromatic rings. The van der Waals surface area contributed by atoms with E-state index in [0.29, 0.717) is 11.4 Å². The fourth-order valence-corrected chi connectivity index (χ4v) is 1.17. The first-order valence-corrected chi connectivity index (χ1v) is 4.11. The minimum Gasteiger partial charge on any atom is -0.508 e. The average Bonchev–Trinajstić information content (AvgIpc) is 1.99. The van der Waals surface area contributed by atoms with Crippen molar-refractivity contribution in [2.24, 2.45) is 0 Å². The summed E-state index contributed by atoms with van der Waals surface area (Å²) in [5.74, 6) is 0.658. The summed E-state index contributed by atoms with van der Waals surface area (Å²) in [5.41, 5.74) is 2.49. The Balaban J connectivity index is 3.21. The van der Waals surface area contributed by atoms with Crippen LogP contribution in [0.3, 0.4) is 0 Å². The SMILES string of the molecule is [B]c1cc(C(C)C)cc(C)c1O. The molecule has 0 unspecified atom stereocenters. The Hall–Kier alpha value is -0.915. The van der Waals surface area contributed by atoms with Gasteiger partial charge in [-0.3, -0.25) is 0 Å². The Morgan fingerprint density at radius 2 is 1.92 bits per heavy atom. The van der Waals surface area contributed by atoms with Crippen molar-refractivity contribution < 1.29 is 5.11 Å². The molecule has 12 heavy (non-hydrogen) atoms. The zero-order chi connectivity index (χ0) is 9.30. The summed E-state index contributed by atoms with van der Waals surface area (Å²) in [6.45, 7) is 6.06.